The van der Waals surface area contributed by atoms with Gasteiger partial charge in [-0.3, -0.25) is 4.79 Å². The van der Waals surface area contributed by atoms with E-state index in [4.69, 9.17) is 5.26 Å². The summed E-state index contributed by atoms with van der Waals surface area (Å²) in [6, 6.07) is 3.95. The van der Waals surface area contributed by atoms with E-state index in [-0.39, 0.29) is 12.5 Å². The first-order valence-electron chi connectivity index (χ1n) is 5.43. The van der Waals surface area contributed by atoms with Gasteiger partial charge in [0.1, 0.15) is 6.07 Å². The predicted molar refractivity (Wildman–Crippen MR) is 61.2 cm³/mol. The minimum atomic E-state index is -0.0513. The summed E-state index contributed by atoms with van der Waals surface area (Å²) in [5.41, 5.74) is 0.418. The SMILES string of the molecule is CN(CC(=O)NC1CC1)c1nnccc1C#N. The van der Waals surface area contributed by atoms with E-state index in [1.807, 2.05) is 6.07 Å². The first-order chi connectivity index (χ1) is 8.20. The Kier molecular flexibility index (Phi) is 3.19. The molecule has 88 valence electrons. The van der Waals surface area contributed by atoms with Gasteiger partial charge >= 0.3 is 0 Å². The Morgan fingerprint density at radius 2 is 2.47 bits per heavy atom. The Bertz CT molecular complexity index is 463. The molecule has 0 spiro atoms. The summed E-state index contributed by atoms with van der Waals surface area (Å²) in [5, 5.41) is 19.4. The van der Waals surface area contributed by atoms with Crippen LogP contribution in [0.5, 0.6) is 0 Å². The van der Waals surface area contributed by atoms with Gasteiger partial charge in [0, 0.05) is 13.1 Å². The van der Waals surface area contributed by atoms with Gasteiger partial charge in [0.2, 0.25) is 5.91 Å². The third-order valence-corrected chi connectivity index (χ3v) is 2.51. The van der Waals surface area contributed by atoms with E-state index in [9.17, 15) is 4.79 Å². The molecule has 1 aromatic heterocycles. The Morgan fingerprint density at radius 1 is 1.71 bits per heavy atom. The maximum absolute atomic E-state index is 11.6. The van der Waals surface area contributed by atoms with Gasteiger partial charge in [0.15, 0.2) is 5.82 Å². The summed E-state index contributed by atoms with van der Waals surface area (Å²) in [6.45, 7) is 0.184. The van der Waals surface area contributed by atoms with Crippen LogP contribution in [-0.2, 0) is 4.79 Å². The number of nitriles is 1. The van der Waals surface area contributed by atoms with Gasteiger partial charge in [-0.25, -0.2) is 0 Å². The molecule has 0 saturated heterocycles. The minimum Gasteiger partial charge on any atom is -0.352 e. The van der Waals surface area contributed by atoms with Crippen molar-refractivity contribution in [3.05, 3.63) is 17.8 Å². The van der Waals surface area contributed by atoms with Crippen molar-refractivity contribution in [3.63, 3.8) is 0 Å². The molecule has 0 unspecified atom stereocenters. The molecule has 0 bridgehead atoms. The molecule has 0 aliphatic heterocycles. The van der Waals surface area contributed by atoms with E-state index in [1.54, 1.807) is 18.0 Å². The Balaban J connectivity index is 2.00. The van der Waals surface area contributed by atoms with Crippen LogP contribution in [0.25, 0.3) is 0 Å². The number of amides is 1. The maximum Gasteiger partial charge on any atom is 0.239 e. The quantitative estimate of drug-likeness (QED) is 0.792. The van der Waals surface area contributed by atoms with Crippen LogP contribution in [0.15, 0.2) is 12.3 Å². The molecule has 1 heterocycles. The molecule has 2 rings (SSSR count). The highest BCUT2D eigenvalue weighted by Crippen LogP contribution is 2.18. The zero-order chi connectivity index (χ0) is 12.3. The first-order valence-corrected chi connectivity index (χ1v) is 5.43. The molecule has 0 radical (unpaired) electrons. The summed E-state index contributed by atoms with van der Waals surface area (Å²) >= 11 is 0. The molecule has 6 nitrogen and oxygen atoms in total. The molecule has 0 aromatic carbocycles. The van der Waals surface area contributed by atoms with Crippen LogP contribution >= 0.6 is 0 Å². The van der Waals surface area contributed by atoms with Crippen LogP contribution in [0.3, 0.4) is 0 Å². The Morgan fingerprint density at radius 3 is 3.12 bits per heavy atom. The van der Waals surface area contributed by atoms with E-state index >= 15 is 0 Å². The van der Waals surface area contributed by atoms with Crippen LogP contribution in [0.2, 0.25) is 0 Å². The molecule has 1 aromatic rings. The molecule has 1 aliphatic rings. The molecule has 1 saturated carbocycles. The topological polar surface area (TPSA) is 81.9 Å². The number of hydrogen-bond donors (Lipinski definition) is 1. The second-order valence-corrected chi connectivity index (χ2v) is 4.08. The van der Waals surface area contributed by atoms with Crippen LogP contribution < -0.4 is 10.2 Å². The lowest BCUT2D eigenvalue weighted by molar-refractivity contribution is -0.119. The average molecular weight is 231 g/mol. The van der Waals surface area contributed by atoms with Gasteiger partial charge in [0.05, 0.1) is 18.3 Å². The number of likely N-dealkylation sites (N-methyl/N-ethyl adjacent to an activating group) is 1. The highest BCUT2D eigenvalue weighted by atomic mass is 16.2. The van der Waals surface area contributed by atoms with E-state index in [2.05, 4.69) is 15.5 Å². The third kappa shape index (κ3) is 2.91. The van der Waals surface area contributed by atoms with Gasteiger partial charge in [-0.15, -0.1) is 5.10 Å². The maximum atomic E-state index is 11.6. The van der Waals surface area contributed by atoms with Crippen molar-refractivity contribution in [1.29, 1.82) is 5.26 Å². The molecular weight excluding hydrogens is 218 g/mol. The fourth-order valence-corrected chi connectivity index (χ4v) is 1.48. The number of carbonyl (C=O) groups excluding carboxylic acids is 1. The molecule has 1 amide bonds. The molecule has 6 heteroatoms. The minimum absolute atomic E-state index is 0.0513. The lowest BCUT2D eigenvalue weighted by atomic mass is 10.3. The molecule has 1 aliphatic carbocycles. The first kappa shape index (κ1) is 11.3. The van der Waals surface area contributed by atoms with Gasteiger partial charge in [-0.05, 0) is 18.9 Å². The van der Waals surface area contributed by atoms with Crippen LogP contribution in [0.1, 0.15) is 18.4 Å². The number of aromatic nitrogens is 2. The second kappa shape index (κ2) is 4.78. The smallest absolute Gasteiger partial charge is 0.239 e. The van der Waals surface area contributed by atoms with Gasteiger partial charge in [0.25, 0.3) is 0 Å². The van der Waals surface area contributed by atoms with Crippen molar-refractivity contribution >= 4 is 11.7 Å². The Hall–Kier alpha value is -2.16. The van der Waals surface area contributed by atoms with E-state index < -0.39 is 0 Å². The number of hydrogen-bond acceptors (Lipinski definition) is 5. The summed E-state index contributed by atoms with van der Waals surface area (Å²) in [4.78, 5) is 13.2. The largest absolute Gasteiger partial charge is 0.352 e. The van der Waals surface area contributed by atoms with Crippen molar-refractivity contribution in [3.8, 4) is 6.07 Å². The van der Waals surface area contributed by atoms with Crippen molar-refractivity contribution in [2.45, 2.75) is 18.9 Å². The van der Waals surface area contributed by atoms with E-state index in [1.165, 1.54) is 6.20 Å². The van der Waals surface area contributed by atoms with Gasteiger partial charge in [-0.1, -0.05) is 0 Å². The fraction of sp³-hybridized carbons (Fsp3) is 0.455. The van der Waals surface area contributed by atoms with Crippen molar-refractivity contribution < 1.29 is 4.79 Å². The van der Waals surface area contributed by atoms with Gasteiger partial charge in [-0.2, -0.15) is 10.4 Å². The summed E-state index contributed by atoms with van der Waals surface area (Å²) < 4.78 is 0. The zero-order valence-corrected chi connectivity index (χ0v) is 9.55. The number of carbonyl (C=O) groups is 1. The lowest BCUT2D eigenvalue weighted by Crippen LogP contribution is -2.36. The molecule has 17 heavy (non-hydrogen) atoms. The van der Waals surface area contributed by atoms with Crippen molar-refractivity contribution in [1.82, 2.24) is 15.5 Å². The number of nitrogens with one attached hydrogen (secondary N) is 1. The summed E-state index contributed by atoms with van der Waals surface area (Å²) in [6.07, 6.45) is 3.58. The van der Waals surface area contributed by atoms with Crippen LogP contribution in [0.4, 0.5) is 5.82 Å². The Labute approximate surface area is 99.3 Å². The third-order valence-electron chi connectivity index (χ3n) is 2.51. The van der Waals surface area contributed by atoms with E-state index in [0.717, 1.165) is 12.8 Å². The molecule has 1 fully saturated rings. The van der Waals surface area contributed by atoms with Crippen molar-refractivity contribution in [2.75, 3.05) is 18.5 Å². The standard InChI is InChI=1S/C11H13N5O/c1-16(7-10(17)14-9-2-3-9)11-8(6-12)4-5-13-15-11/h4-5,9H,2-3,7H2,1H3,(H,14,17). The highest BCUT2D eigenvalue weighted by Gasteiger charge is 2.24. The molecule has 0 atom stereocenters. The number of anilines is 1. The van der Waals surface area contributed by atoms with Crippen LogP contribution in [-0.4, -0.2) is 35.7 Å². The predicted octanol–water partition coefficient (Wildman–Crippen LogP) is 0.0631. The highest BCUT2D eigenvalue weighted by molar-refractivity contribution is 5.81. The normalized spacial score (nSPS) is 13.9. The summed E-state index contributed by atoms with van der Waals surface area (Å²) in [7, 11) is 1.72. The number of rotatable bonds is 4. The summed E-state index contributed by atoms with van der Waals surface area (Å²) in [5.74, 6) is 0.380. The van der Waals surface area contributed by atoms with Crippen LogP contribution in [0, 0.1) is 11.3 Å². The number of nitrogens with zero attached hydrogens (tertiary/aromatic N) is 4. The monoisotopic (exact) mass is 231 g/mol. The average Bonchev–Trinajstić information content (AvgIpc) is 3.12. The fourth-order valence-electron chi connectivity index (χ4n) is 1.48. The molecule has 1 N–H and O–H groups in total. The van der Waals surface area contributed by atoms with Crippen molar-refractivity contribution in [2.24, 2.45) is 0 Å². The van der Waals surface area contributed by atoms with Gasteiger partial charge < -0.3 is 10.2 Å². The van der Waals surface area contributed by atoms with E-state index in [0.29, 0.717) is 17.4 Å². The zero-order valence-electron chi connectivity index (χ0n) is 9.55. The second-order valence-electron chi connectivity index (χ2n) is 4.08. The lowest BCUT2D eigenvalue weighted by Gasteiger charge is -2.17. The molecular formula is C11H13N5O.